The van der Waals surface area contributed by atoms with Crippen molar-refractivity contribution in [3.63, 3.8) is 0 Å². The van der Waals surface area contributed by atoms with Gasteiger partial charge in [-0.2, -0.15) is 0 Å². The van der Waals surface area contributed by atoms with E-state index in [9.17, 15) is 4.39 Å². The van der Waals surface area contributed by atoms with Crippen molar-refractivity contribution in [3.8, 4) is 0 Å². The van der Waals surface area contributed by atoms with Crippen molar-refractivity contribution in [2.75, 3.05) is 0 Å². The number of hydrogen-bond donors (Lipinski definition) is 0. The van der Waals surface area contributed by atoms with E-state index >= 15 is 0 Å². The van der Waals surface area contributed by atoms with Gasteiger partial charge in [0.05, 0.1) is 23.4 Å². The third kappa shape index (κ3) is 3.46. The second kappa shape index (κ2) is 6.57. The lowest BCUT2D eigenvalue weighted by atomic mass is 9.71. The van der Waals surface area contributed by atoms with E-state index in [0.717, 1.165) is 11.3 Å². The summed E-state index contributed by atoms with van der Waals surface area (Å²) < 4.78 is 28.3. The maximum atomic E-state index is 14.8. The van der Waals surface area contributed by atoms with Crippen molar-refractivity contribution in [1.82, 2.24) is 15.0 Å². The number of nitrogens with zero attached hydrogens (tertiary/aromatic N) is 3. The van der Waals surface area contributed by atoms with Crippen molar-refractivity contribution in [1.29, 1.82) is 0 Å². The van der Waals surface area contributed by atoms with Crippen LogP contribution in [0.3, 0.4) is 0 Å². The molecule has 27 heavy (non-hydrogen) atoms. The van der Waals surface area contributed by atoms with E-state index in [1.807, 2.05) is 56.8 Å². The molecule has 0 N–H and O–H groups in total. The zero-order valence-electron chi connectivity index (χ0n) is 16.3. The summed E-state index contributed by atoms with van der Waals surface area (Å²) >= 11 is 0. The molecule has 1 saturated heterocycles. The fraction of sp³-hybridized carbons (Fsp3) is 0.500. The molecule has 2 aliphatic rings. The van der Waals surface area contributed by atoms with E-state index in [1.165, 1.54) is 5.56 Å². The molecule has 1 aliphatic carbocycles. The summed E-state index contributed by atoms with van der Waals surface area (Å²) in [6.45, 7) is 8.41. The van der Waals surface area contributed by atoms with Gasteiger partial charge in [0.2, 0.25) is 0 Å². The molecule has 4 rings (SSSR count). The summed E-state index contributed by atoms with van der Waals surface area (Å²) in [6, 6.07) is 10.1. The minimum Gasteiger partial charge on any atom is -0.398 e. The van der Waals surface area contributed by atoms with Crippen LogP contribution < -0.4 is 0 Å². The average molecular weight is 369 g/mol. The summed E-state index contributed by atoms with van der Waals surface area (Å²) in [5, 5.41) is 8.48. The Morgan fingerprint density at radius 3 is 2.41 bits per heavy atom. The summed E-state index contributed by atoms with van der Waals surface area (Å²) in [5.41, 5.74) is 1.52. The summed E-state index contributed by atoms with van der Waals surface area (Å²) in [4.78, 5) is 0. The standard InChI is InChI=1S/C20H25BFN3O2/c1-19(2)20(3,4)27-21(26-19)18(22)16-10-15(11-16)17-13-25(24-23-17)12-14-8-6-5-7-9-14/h5-9,13,15H,10-12H2,1-4H3. The van der Waals surface area contributed by atoms with Gasteiger partial charge >= 0.3 is 7.12 Å². The summed E-state index contributed by atoms with van der Waals surface area (Å²) in [6.07, 6.45) is 3.24. The van der Waals surface area contributed by atoms with E-state index in [2.05, 4.69) is 22.4 Å². The topological polar surface area (TPSA) is 49.2 Å². The van der Waals surface area contributed by atoms with Crippen LogP contribution in [0.25, 0.3) is 0 Å². The van der Waals surface area contributed by atoms with E-state index in [1.54, 1.807) is 0 Å². The van der Waals surface area contributed by atoms with Gasteiger partial charge in [-0.25, -0.2) is 9.07 Å². The van der Waals surface area contributed by atoms with Gasteiger partial charge in [0.1, 0.15) is 5.73 Å². The van der Waals surface area contributed by atoms with Crippen molar-refractivity contribution in [2.45, 2.75) is 64.2 Å². The van der Waals surface area contributed by atoms with Gasteiger partial charge in [-0.05, 0) is 51.7 Å². The molecule has 142 valence electrons. The van der Waals surface area contributed by atoms with E-state index in [-0.39, 0.29) is 11.6 Å². The van der Waals surface area contributed by atoms with E-state index < -0.39 is 18.3 Å². The first-order valence-electron chi connectivity index (χ1n) is 9.42. The highest BCUT2D eigenvalue weighted by atomic mass is 19.1. The fourth-order valence-corrected chi connectivity index (χ4v) is 3.40. The van der Waals surface area contributed by atoms with Gasteiger partial charge in [0.15, 0.2) is 0 Å². The Balaban J connectivity index is 1.39. The molecule has 0 spiro atoms. The third-order valence-electron chi connectivity index (χ3n) is 5.95. The maximum absolute atomic E-state index is 14.8. The fourth-order valence-electron chi connectivity index (χ4n) is 3.40. The number of halogens is 1. The monoisotopic (exact) mass is 369 g/mol. The molecule has 1 aromatic carbocycles. The molecule has 2 aromatic rings. The Morgan fingerprint density at radius 1 is 1.15 bits per heavy atom. The lowest BCUT2D eigenvalue weighted by Crippen LogP contribution is -2.41. The predicted octanol–water partition coefficient (Wildman–Crippen LogP) is 4.06. The third-order valence-corrected chi connectivity index (χ3v) is 5.95. The average Bonchev–Trinajstić information content (AvgIpc) is 3.09. The van der Waals surface area contributed by atoms with Crippen LogP contribution in [0.15, 0.2) is 47.8 Å². The highest BCUT2D eigenvalue weighted by molar-refractivity contribution is 6.53. The minimum atomic E-state index is -0.903. The van der Waals surface area contributed by atoms with Crippen LogP contribution >= 0.6 is 0 Å². The molecule has 0 amide bonds. The smallest absolute Gasteiger partial charge is 0.398 e. The van der Waals surface area contributed by atoms with Crippen molar-refractivity contribution < 1.29 is 13.7 Å². The largest absolute Gasteiger partial charge is 0.525 e. The molecule has 0 bridgehead atoms. The molecule has 0 unspecified atom stereocenters. The van der Waals surface area contributed by atoms with Gasteiger partial charge in [-0.1, -0.05) is 35.5 Å². The van der Waals surface area contributed by atoms with Gasteiger partial charge in [-0.15, -0.1) is 5.10 Å². The highest BCUT2D eigenvalue weighted by Gasteiger charge is 2.54. The first-order valence-corrected chi connectivity index (χ1v) is 9.42. The zero-order chi connectivity index (χ0) is 19.2. The molecule has 2 heterocycles. The number of rotatable bonds is 4. The summed E-state index contributed by atoms with van der Waals surface area (Å²) in [5.74, 6) is 0.206. The van der Waals surface area contributed by atoms with Gasteiger partial charge in [0.25, 0.3) is 0 Å². The Kier molecular flexibility index (Phi) is 4.47. The lowest BCUT2D eigenvalue weighted by Gasteiger charge is -2.32. The molecule has 0 radical (unpaired) electrons. The Labute approximate surface area is 159 Å². The van der Waals surface area contributed by atoms with Gasteiger partial charge < -0.3 is 9.31 Å². The Bertz CT molecular complexity index is 839. The first-order chi connectivity index (χ1) is 12.7. The molecule has 5 nitrogen and oxygen atoms in total. The van der Waals surface area contributed by atoms with E-state index in [4.69, 9.17) is 9.31 Å². The molecule has 2 fully saturated rings. The Hall–Kier alpha value is -1.99. The second-order valence-electron chi connectivity index (χ2n) is 8.47. The van der Waals surface area contributed by atoms with Crippen molar-refractivity contribution in [2.24, 2.45) is 0 Å². The van der Waals surface area contributed by atoms with Gasteiger partial charge in [0, 0.05) is 12.1 Å². The molecule has 1 saturated carbocycles. The zero-order valence-corrected chi connectivity index (χ0v) is 16.3. The van der Waals surface area contributed by atoms with Crippen molar-refractivity contribution in [3.05, 3.63) is 59.1 Å². The highest BCUT2D eigenvalue weighted by Crippen LogP contribution is 2.45. The maximum Gasteiger partial charge on any atom is 0.525 e. The van der Waals surface area contributed by atoms with Crippen LogP contribution in [0.2, 0.25) is 0 Å². The molecule has 1 aliphatic heterocycles. The summed E-state index contributed by atoms with van der Waals surface area (Å²) in [7, 11) is -0.903. The number of benzene rings is 1. The molecule has 7 heteroatoms. The van der Waals surface area contributed by atoms with Crippen LogP contribution in [-0.4, -0.2) is 33.3 Å². The van der Waals surface area contributed by atoms with Crippen molar-refractivity contribution >= 4 is 7.12 Å². The molecule has 0 atom stereocenters. The number of aromatic nitrogens is 3. The molecular weight excluding hydrogens is 344 g/mol. The van der Waals surface area contributed by atoms with Crippen LogP contribution in [0.5, 0.6) is 0 Å². The molecule has 1 aromatic heterocycles. The van der Waals surface area contributed by atoms with E-state index in [0.29, 0.717) is 19.4 Å². The first kappa shape index (κ1) is 18.4. The SMILES string of the molecule is CC1(C)OB(C(F)=C2CC(c3cn(Cc4ccccc4)nn3)C2)OC1(C)C. The lowest BCUT2D eigenvalue weighted by molar-refractivity contribution is 0.00578. The number of hydrogen-bond acceptors (Lipinski definition) is 4. The van der Waals surface area contributed by atoms with Crippen LogP contribution in [0, 0.1) is 0 Å². The number of allylic oxidation sites excluding steroid dienone is 1. The second-order valence-corrected chi connectivity index (χ2v) is 8.47. The van der Waals surface area contributed by atoms with Crippen LogP contribution in [0.4, 0.5) is 4.39 Å². The minimum absolute atomic E-state index is 0.206. The normalized spacial score (nSPS) is 23.4. The van der Waals surface area contributed by atoms with Crippen LogP contribution in [-0.2, 0) is 15.9 Å². The quantitative estimate of drug-likeness (QED) is 0.763. The van der Waals surface area contributed by atoms with Crippen LogP contribution in [0.1, 0.15) is 57.7 Å². The predicted molar refractivity (Wildman–Crippen MR) is 102 cm³/mol. The van der Waals surface area contributed by atoms with Gasteiger partial charge in [-0.3, -0.25) is 0 Å². The Morgan fingerprint density at radius 2 is 1.78 bits per heavy atom. The molecular formula is C20H25BFN3O2.